The molecule has 98 valence electrons. The van der Waals surface area contributed by atoms with Crippen LogP contribution in [0.1, 0.15) is 33.6 Å². The van der Waals surface area contributed by atoms with Crippen molar-refractivity contribution < 1.29 is 4.43 Å². The normalized spacial score (nSPS) is 30.3. The molecule has 0 aromatic rings. The van der Waals surface area contributed by atoms with Gasteiger partial charge in [0.05, 0.1) is 6.10 Å². The second kappa shape index (κ2) is 5.11. The molecule has 17 heavy (non-hydrogen) atoms. The van der Waals surface area contributed by atoms with E-state index in [4.69, 9.17) is 4.43 Å². The van der Waals surface area contributed by atoms with E-state index in [1.54, 1.807) is 0 Å². The lowest BCUT2D eigenvalue weighted by atomic mass is 10.0. The highest BCUT2D eigenvalue weighted by molar-refractivity contribution is 6.74. The molecule has 0 bridgehead atoms. The lowest BCUT2D eigenvalue weighted by Crippen LogP contribution is -2.46. The van der Waals surface area contributed by atoms with E-state index in [1.807, 2.05) is 0 Å². The highest BCUT2D eigenvalue weighted by atomic mass is 28.4. The summed E-state index contributed by atoms with van der Waals surface area (Å²) in [7, 11) is -1.68. The van der Waals surface area contributed by atoms with Crippen LogP contribution in [-0.2, 0) is 4.43 Å². The summed E-state index contributed by atoms with van der Waals surface area (Å²) in [5, 5.41) is 0.271. The first-order valence-corrected chi connectivity index (χ1v) is 9.56. The van der Waals surface area contributed by atoms with Gasteiger partial charge in [0.15, 0.2) is 8.32 Å². The van der Waals surface area contributed by atoms with Gasteiger partial charge in [0.1, 0.15) is 0 Å². The second-order valence-electron chi connectivity index (χ2n) is 6.72. The third-order valence-electron chi connectivity index (χ3n) is 4.52. The molecular formula is C15H28OSi. The molecule has 0 heterocycles. The van der Waals surface area contributed by atoms with Crippen molar-refractivity contribution in [3.05, 3.63) is 25.3 Å². The Morgan fingerprint density at radius 3 is 1.76 bits per heavy atom. The first-order valence-electron chi connectivity index (χ1n) is 6.66. The predicted molar refractivity (Wildman–Crippen MR) is 78.7 cm³/mol. The summed E-state index contributed by atoms with van der Waals surface area (Å²) in [5.74, 6) is 1.01. The predicted octanol–water partition coefficient (Wildman–Crippen LogP) is 4.78. The lowest BCUT2D eigenvalue weighted by Gasteiger charge is -2.40. The number of hydrogen-bond acceptors (Lipinski definition) is 1. The van der Waals surface area contributed by atoms with Crippen molar-refractivity contribution in [3.8, 4) is 0 Å². The van der Waals surface area contributed by atoms with Crippen molar-refractivity contribution in [2.45, 2.75) is 57.8 Å². The summed E-state index contributed by atoms with van der Waals surface area (Å²) in [5.41, 5.74) is 0. The molecule has 0 aliphatic heterocycles. The minimum absolute atomic E-state index is 0.271. The fourth-order valence-electron chi connectivity index (χ4n) is 2.23. The first kappa shape index (κ1) is 14.7. The van der Waals surface area contributed by atoms with Crippen LogP contribution in [-0.4, -0.2) is 14.4 Å². The van der Waals surface area contributed by atoms with Gasteiger partial charge in [-0.25, -0.2) is 0 Å². The highest BCUT2D eigenvalue weighted by Crippen LogP contribution is 2.43. The van der Waals surface area contributed by atoms with E-state index in [2.05, 4.69) is 59.2 Å². The standard InChI is InChI=1S/C15H28OSi/c1-8-12-10-11-13(9-2)14(12)16-17(6,7)15(3,4)5/h8-9,12-14H,1-2,10-11H2,3-7H3/t12-,13+,14?. The minimum Gasteiger partial charge on any atom is -0.413 e. The Hall–Kier alpha value is -0.343. The molecule has 1 rings (SSSR count). The molecule has 1 aliphatic rings. The van der Waals surface area contributed by atoms with E-state index in [1.165, 1.54) is 12.8 Å². The van der Waals surface area contributed by atoms with Gasteiger partial charge < -0.3 is 4.43 Å². The van der Waals surface area contributed by atoms with Gasteiger partial charge in [-0.3, -0.25) is 0 Å². The summed E-state index contributed by atoms with van der Waals surface area (Å²) in [6, 6.07) is 0. The molecule has 0 radical (unpaired) electrons. The van der Waals surface area contributed by atoms with E-state index >= 15 is 0 Å². The van der Waals surface area contributed by atoms with Crippen LogP contribution in [0.15, 0.2) is 25.3 Å². The summed E-state index contributed by atoms with van der Waals surface area (Å²) < 4.78 is 6.57. The third kappa shape index (κ3) is 3.11. The van der Waals surface area contributed by atoms with E-state index in [0.717, 1.165) is 0 Å². The molecule has 1 unspecified atom stereocenters. The van der Waals surface area contributed by atoms with Crippen LogP contribution in [0, 0.1) is 11.8 Å². The molecule has 0 N–H and O–H groups in total. The zero-order valence-electron chi connectivity index (χ0n) is 12.1. The summed E-state index contributed by atoms with van der Waals surface area (Å²) >= 11 is 0. The maximum atomic E-state index is 6.57. The van der Waals surface area contributed by atoms with E-state index in [9.17, 15) is 0 Å². The van der Waals surface area contributed by atoms with Crippen LogP contribution in [0.25, 0.3) is 0 Å². The largest absolute Gasteiger partial charge is 0.413 e. The molecule has 0 aromatic carbocycles. The summed E-state index contributed by atoms with van der Waals surface area (Å²) in [6.07, 6.45) is 6.84. The van der Waals surface area contributed by atoms with Crippen LogP contribution in [0.2, 0.25) is 18.1 Å². The molecule has 0 spiro atoms. The van der Waals surface area contributed by atoms with E-state index < -0.39 is 8.32 Å². The quantitative estimate of drug-likeness (QED) is 0.517. The van der Waals surface area contributed by atoms with Gasteiger partial charge in [0.25, 0.3) is 0 Å². The van der Waals surface area contributed by atoms with Crippen LogP contribution in [0.4, 0.5) is 0 Å². The Kier molecular flexibility index (Phi) is 4.42. The Balaban J connectivity index is 2.83. The first-order chi connectivity index (χ1) is 7.73. The minimum atomic E-state index is -1.68. The second-order valence-corrected chi connectivity index (χ2v) is 11.5. The fraction of sp³-hybridized carbons (Fsp3) is 0.733. The van der Waals surface area contributed by atoms with Gasteiger partial charge in [0, 0.05) is 11.8 Å². The maximum absolute atomic E-state index is 6.57. The van der Waals surface area contributed by atoms with Crippen molar-refractivity contribution in [3.63, 3.8) is 0 Å². The van der Waals surface area contributed by atoms with Crippen molar-refractivity contribution in [1.29, 1.82) is 0 Å². The molecule has 1 aliphatic carbocycles. The monoisotopic (exact) mass is 252 g/mol. The van der Waals surface area contributed by atoms with Gasteiger partial charge in [-0.15, -0.1) is 13.2 Å². The molecule has 3 atom stereocenters. The van der Waals surface area contributed by atoms with Crippen molar-refractivity contribution in [2.75, 3.05) is 0 Å². The van der Waals surface area contributed by atoms with Gasteiger partial charge in [-0.1, -0.05) is 32.9 Å². The molecule has 1 fully saturated rings. The van der Waals surface area contributed by atoms with Gasteiger partial charge in [-0.2, -0.15) is 0 Å². The van der Waals surface area contributed by atoms with Gasteiger partial charge in [-0.05, 0) is 31.0 Å². The SMILES string of the molecule is C=C[C@@H]1CC[C@H](C=C)C1O[Si](C)(C)C(C)(C)C. The van der Waals surface area contributed by atoms with Crippen LogP contribution < -0.4 is 0 Å². The summed E-state index contributed by atoms with van der Waals surface area (Å²) in [6.45, 7) is 19.4. The van der Waals surface area contributed by atoms with E-state index in [-0.39, 0.29) is 5.04 Å². The summed E-state index contributed by atoms with van der Waals surface area (Å²) in [4.78, 5) is 0. The average molecular weight is 252 g/mol. The molecule has 1 saturated carbocycles. The number of rotatable bonds is 4. The molecule has 2 heteroatoms. The molecule has 0 saturated heterocycles. The third-order valence-corrected chi connectivity index (χ3v) is 8.99. The molecule has 0 amide bonds. The van der Waals surface area contributed by atoms with Crippen molar-refractivity contribution in [2.24, 2.45) is 11.8 Å². The fourth-order valence-corrected chi connectivity index (χ4v) is 3.61. The maximum Gasteiger partial charge on any atom is 0.192 e. The highest BCUT2D eigenvalue weighted by Gasteiger charge is 2.43. The number of hydrogen-bond donors (Lipinski definition) is 0. The lowest BCUT2D eigenvalue weighted by molar-refractivity contribution is 0.134. The molecule has 1 nitrogen and oxygen atoms in total. The molecular weight excluding hydrogens is 224 g/mol. The Labute approximate surface area is 108 Å². The van der Waals surface area contributed by atoms with Crippen LogP contribution in [0.3, 0.4) is 0 Å². The smallest absolute Gasteiger partial charge is 0.192 e. The molecule has 0 aromatic heterocycles. The Bertz CT molecular complexity index is 272. The Morgan fingerprint density at radius 1 is 1.06 bits per heavy atom. The van der Waals surface area contributed by atoms with Crippen molar-refractivity contribution >= 4 is 8.32 Å². The zero-order chi connectivity index (χ0) is 13.3. The van der Waals surface area contributed by atoms with Gasteiger partial charge >= 0.3 is 0 Å². The van der Waals surface area contributed by atoms with Crippen LogP contribution >= 0.6 is 0 Å². The van der Waals surface area contributed by atoms with Gasteiger partial charge in [0.2, 0.25) is 0 Å². The average Bonchev–Trinajstić information content (AvgIpc) is 2.57. The van der Waals surface area contributed by atoms with Crippen molar-refractivity contribution in [1.82, 2.24) is 0 Å². The van der Waals surface area contributed by atoms with Crippen LogP contribution in [0.5, 0.6) is 0 Å². The zero-order valence-corrected chi connectivity index (χ0v) is 13.1. The topological polar surface area (TPSA) is 9.23 Å². The Morgan fingerprint density at radius 2 is 1.47 bits per heavy atom. The van der Waals surface area contributed by atoms with E-state index in [0.29, 0.717) is 17.9 Å².